The van der Waals surface area contributed by atoms with Gasteiger partial charge in [-0.25, -0.2) is 8.42 Å². The number of amides is 1. The second-order valence-electron chi connectivity index (χ2n) is 5.65. The Morgan fingerprint density at radius 3 is 2.48 bits per heavy atom. The topological polar surface area (TPSA) is 99.1 Å². The van der Waals surface area contributed by atoms with Crippen LogP contribution in [0.5, 0.6) is 0 Å². The summed E-state index contributed by atoms with van der Waals surface area (Å²) in [4.78, 5) is 12.1. The lowest BCUT2D eigenvalue weighted by molar-refractivity contribution is -0.115. The number of sulfonamides is 1. The standard InChI is InChI=1S/C19H15N3O3S2/c20-13-15-3-1-4-17(11-15)21-18(23)12-14-6-8-16(9-7-14)22-27(24,25)19-5-2-10-26-19/h1-11,22H,12H2,(H,21,23). The molecule has 2 N–H and O–H groups in total. The Balaban J connectivity index is 1.62. The predicted molar refractivity (Wildman–Crippen MR) is 105 cm³/mol. The smallest absolute Gasteiger partial charge is 0.271 e. The van der Waals surface area contributed by atoms with Crippen molar-refractivity contribution in [2.45, 2.75) is 10.6 Å². The Morgan fingerprint density at radius 1 is 1.04 bits per heavy atom. The van der Waals surface area contributed by atoms with Crippen molar-refractivity contribution in [3.8, 4) is 6.07 Å². The molecule has 0 bridgehead atoms. The number of carbonyl (C=O) groups is 1. The van der Waals surface area contributed by atoms with Crippen molar-refractivity contribution in [1.29, 1.82) is 5.26 Å². The van der Waals surface area contributed by atoms with Crippen LogP contribution >= 0.6 is 11.3 Å². The first-order valence-corrected chi connectivity index (χ1v) is 10.3. The van der Waals surface area contributed by atoms with Crippen molar-refractivity contribution in [3.63, 3.8) is 0 Å². The summed E-state index contributed by atoms with van der Waals surface area (Å²) in [6.07, 6.45) is 0.134. The monoisotopic (exact) mass is 397 g/mol. The fourth-order valence-corrected chi connectivity index (χ4v) is 4.42. The molecule has 0 saturated heterocycles. The van der Waals surface area contributed by atoms with Crippen LogP contribution in [0.2, 0.25) is 0 Å². The van der Waals surface area contributed by atoms with Crippen LogP contribution in [0.4, 0.5) is 11.4 Å². The van der Waals surface area contributed by atoms with Crippen LogP contribution in [0, 0.1) is 11.3 Å². The van der Waals surface area contributed by atoms with Crippen molar-refractivity contribution in [2.75, 3.05) is 10.0 Å². The number of hydrogen-bond donors (Lipinski definition) is 2. The fraction of sp³-hybridized carbons (Fsp3) is 0.0526. The van der Waals surface area contributed by atoms with Crippen LogP contribution in [0.15, 0.2) is 70.3 Å². The number of hydrogen-bond acceptors (Lipinski definition) is 5. The molecule has 0 spiro atoms. The SMILES string of the molecule is N#Cc1cccc(NC(=O)Cc2ccc(NS(=O)(=O)c3cccs3)cc2)c1. The lowest BCUT2D eigenvalue weighted by atomic mass is 10.1. The highest BCUT2D eigenvalue weighted by Gasteiger charge is 2.15. The molecule has 0 unspecified atom stereocenters. The molecule has 0 atom stereocenters. The van der Waals surface area contributed by atoms with E-state index in [9.17, 15) is 13.2 Å². The van der Waals surface area contributed by atoms with Crippen LogP contribution in [0.1, 0.15) is 11.1 Å². The zero-order valence-electron chi connectivity index (χ0n) is 14.0. The molecule has 0 fully saturated rings. The number of rotatable bonds is 6. The number of thiophene rings is 1. The molecule has 2 aromatic carbocycles. The minimum atomic E-state index is -3.59. The minimum Gasteiger partial charge on any atom is -0.326 e. The van der Waals surface area contributed by atoms with E-state index in [4.69, 9.17) is 5.26 Å². The van der Waals surface area contributed by atoms with Gasteiger partial charge in [-0.1, -0.05) is 24.3 Å². The molecular formula is C19H15N3O3S2. The molecule has 27 heavy (non-hydrogen) atoms. The molecule has 0 aliphatic rings. The maximum Gasteiger partial charge on any atom is 0.271 e. The molecule has 3 rings (SSSR count). The van der Waals surface area contributed by atoms with Gasteiger partial charge in [-0.15, -0.1) is 11.3 Å². The molecule has 8 heteroatoms. The molecule has 0 aliphatic carbocycles. The van der Waals surface area contributed by atoms with Gasteiger partial charge in [-0.2, -0.15) is 5.26 Å². The molecule has 6 nitrogen and oxygen atoms in total. The number of nitriles is 1. The van der Waals surface area contributed by atoms with Gasteiger partial charge in [0, 0.05) is 11.4 Å². The van der Waals surface area contributed by atoms with Gasteiger partial charge in [0.15, 0.2) is 0 Å². The summed E-state index contributed by atoms with van der Waals surface area (Å²) in [7, 11) is -3.59. The maximum atomic E-state index is 12.2. The second-order valence-corrected chi connectivity index (χ2v) is 8.51. The number of nitrogens with one attached hydrogen (secondary N) is 2. The van der Waals surface area contributed by atoms with Gasteiger partial charge in [0.05, 0.1) is 18.1 Å². The summed E-state index contributed by atoms with van der Waals surface area (Å²) in [5.41, 5.74) is 2.19. The number of anilines is 2. The van der Waals surface area contributed by atoms with Gasteiger partial charge >= 0.3 is 0 Å². The van der Waals surface area contributed by atoms with Gasteiger partial charge in [-0.05, 0) is 47.3 Å². The average molecular weight is 397 g/mol. The van der Waals surface area contributed by atoms with E-state index in [1.165, 1.54) is 6.07 Å². The van der Waals surface area contributed by atoms with Crippen LogP contribution in [-0.2, 0) is 21.2 Å². The first-order chi connectivity index (χ1) is 13.0. The van der Waals surface area contributed by atoms with E-state index in [0.717, 1.165) is 16.9 Å². The van der Waals surface area contributed by atoms with Crippen LogP contribution < -0.4 is 10.0 Å². The van der Waals surface area contributed by atoms with E-state index >= 15 is 0 Å². The van der Waals surface area contributed by atoms with E-state index in [1.807, 2.05) is 6.07 Å². The van der Waals surface area contributed by atoms with Crippen LogP contribution in [0.25, 0.3) is 0 Å². The Bertz CT molecular complexity index is 1080. The zero-order chi connectivity index (χ0) is 19.3. The number of carbonyl (C=O) groups excluding carboxylic acids is 1. The van der Waals surface area contributed by atoms with Crippen molar-refractivity contribution < 1.29 is 13.2 Å². The van der Waals surface area contributed by atoms with E-state index in [1.54, 1.807) is 60.0 Å². The van der Waals surface area contributed by atoms with E-state index in [2.05, 4.69) is 10.0 Å². The summed E-state index contributed by atoms with van der Waals surface area (Å²) in [6.45, 7) is 0. The summed E-state index contributed by atoms with van der Waals surface area (Å²) >= 11 is 1.14. The third-order valence-electron chi connectivity index (χ3n) is 3.61. The minimum absolute atomic E-state index is 0.134. The lowest BCUT2D eigenvalue weighted by Gasteiger charge is -2.08. The van der Waals surface area contributed by atoms with E-state index in [-0.39, 0.29) is 16.5 Å². The molecule has 1 amide bonds. The normalized spacial score (nSPS) is 10.8. The van der Waals surface area contributed by atoms with Crippen molar-refractivity contribution >= 4 is 38.6 Å². The van der Waals surface area contributed by atoms with Gasteiger partial charge in [0.2, 0.25) is 5.91 Å². The lowest BCUT2D eigenvalue weighted by Crippen LogP contribution is -2.14. The summed E-state index contributed by atoms with van der Waals surface area (Å²) in [5.74, 6) is -0.225. The molecule has 1 aromatic heterocycles. The number of nitrogens with zero attached hydrogens (tertiary/aromatic N) is 1. The molecule has 1 heterocycles. The van der Waals surface area contributed by atoms with Gasteiger partial charge in [0.25, 0.3) is 10.0 Å². The molecular weight excluding hydrogens is 382 g/mol. The summed E-state index contributed by atoms with van der Waals surface area (Å²) in [6, 6.07) is 18.5. The fourth-order valence-electron chi connectivity index (χ4n) is 2.37. The highest BCUT2D eigenvalue weighted by atomic mass is 32.2. The van der Waals surface area contributed by atoms with E-state index < -0.39 is 10.0 Å². The van der Waals surface area contributed by atoms with Crippen LogP contribution in [-0.4, -0.2) is 14.3 Å². The van der Waals surface area contributed by atoms with Crippen molar-refractivity contribution in [2.24, 2.45) is 0 Å². The highest BCUT2D eigenvalue weighted by Crippen LogP contribution is 2.20. The first kappa shape index (κ1) is 18.6. The average Bonchev–Trinajstić information content (AvgIpc) is 3.19. The molecule has 136 valence electrons. The molecule has 0 saturated carbocycles. The first-order valence-electron chi connectivity index (χ1n) is 7.91. The Labute approximate surface area is 161 Å². The zero-order valence-corrected chi connectivity index (χ0v) is 15.7. The third kappa shape index (κ3) is 4.94. The third-order valence-corrected chi connectivity index (χ3v) is 6.38. The summed E-state index contributed by atoms with van der Waals surface area (Å²) < 4.78 is 27.1. The second kappa shape index (κ2) is 8.03. The van der Waals surface area contributed by atoms with Gasteiger partial charge in [0.1, 0.15) is 4.21 Å². The molecule has 0 aliphatic heterocycles. The maximum absolute atomic E-state index is 12.2. The molecule has 0 radical (unpaired) electrons. The van der Waals surface area contributed by atoms with Gasteiger partial charge < -0.3 is 5.32 Å². The van der Waals surface area contributed by atoms with Crippen molar-refractivity contribution in [3.05, 3.63) is 77.2 Å². The Kier molecular flexibility index (Phi) is 5.54. The molecule has 3 aromatic rings. The number of benzene rings is 2. The van der Waals surface area contributed by atoms with Crippen molar-refractivity contribution in [1.82, 2.24) is 0 Å². The van der Waals surface area contributed by atoms with E-state index in [0.29, 0.717) is 16.9 Å². The Hall–Kier alpha value is -3.15. The predicted octanol–water partition coefficient (Wildman–Crippen LogP) is 3.60. The quantitative estimate of drug-likeness (QED) is 0.664. The highest BCUT2D eigenvalue weighted by molar-refractivity contribution is 7.94. The largest absolute Gasteiger partial charge is 0.326 e. The Morgan fingerprint density at radius 2 is 1.81 bits per heavy atom. The van der Waals surface area contributed by atoms with Crippen LogP contribution in [0.3, 0.4) is 0 Å². The summed E-state index contributed by atoms with van der Waals surface area (Å²) in [5, 5.41) is 13.3. The van der Waals surface area contributed by atoms with Gasteiger partial charge in [-0.3, -0.25) is 9.52 Å².